The van der Waals surface area contributed by atoms with Gasteiger partial charge in [0.2, 0.25) is 0 Å². The van der Waals surface area contributed by atoms with Gasteiger partial charge in [-0.2, -0.15) is 0 Å². The first kappa shape index (κ1) is 25.2. The van der Waals surface area contributed by atoms with Crippen LogP contribution < -0.4 is 4.72 Å². The normalized spacial score (nSPS) is 11.5. The highest BCUT2D eigenvalue weighted by Crippen LogP contribution is 2.30. The van der Waals surface area contributed by atoms with Crippen molar-refractivity contribution < 1.29 is 27.3 Å². The predicted octanol–water partition coefficient (Wildman–Crippen LogP) is 5.89. The summed E-state index contributed by atoms with van der Waals surface area (Å²) in [5.41, 5.74) is 0.888. The van der Waals surface area contributed by atoms with Crippen LogP contribution in [0.3, 0.4) is 0 Å². The van der Waals surface area contributed by atoms with E-state index < -0.39 is 20.9 Å². The maximum Gasteiger partial charge on any atom is 0.342 e. The number of carbonyl (C=O) groups excluding carboxylic acids is 1. The molecule has 0 aliphatic rings. The summed E-state index contributed by atoms with van der Waals surface area (Å²) in [6.07, 6.45) is 5.12. The number of hydrogen-bond acceptors (Lipinski definition) is 7. The van der Waals surface area contributed by atoms with Crippen LogP contribution in [0.5, 0.6) is 0 Å². The number of sulfonamides is 1. The van der Waals surface area contributed by atoms with Gasteiger partial charge in [-0.3, -0.25) is 14.8 Å². The van der Waals surface area contributed by atoms with Gasteiger partial charge in [-0.05, 0) is 44.0 Å². The zero-order valence-electron chi connectivity index (χ0n) is 19.4. The van der Waals surface area contributed by atoms with E-state index in [9.17, 15) is 23.3 Å². The van der Waals surface area contributed by atoms with E-state index in [0.29, 0.717) is 28.9 Å². The number of nitro groups is 1. The molecule has 182 valence electrons. The van der Waals surface area contributed by atoms with Gasteiger partial charge in [-0.15, -0.1) is 0 Å². The molecule has 3 aromatic rings. The van der Waals surface area contributed by atoms with Gasteiger partial charge in [0.1, 0.15) is 16.9 Å². The van der Waals surface area contributed by atoms with Gasteiger partial charge >= 0.3 is 5.97 Å². The Morgan fingerprint density at radius 3 is 2.53 bits per heavy atom. The minimum Gasteiger partial charge on any atom is -0.462 e. The summed E-state index contributed by atoms with van der Waals surface area (Å²) in [6.45, 7) is 5.63. The van der Waals surface area contributed by atoms with Crippen molar-refractivity contribution in [3.05, 3.63) is 63.4 Å². The van der Waals surface area contributed by atoms with Crippen molar-refractivity contribution in [1.82, 2.24) is 0 Å². The maximum absolute atomic E-state index is 13.0. The molecule has 1 aromatic heterocycles. The molecule has 3 rings (SSSR count). The van der Waals surface area contributed by atoms with E-state index in [0.717, 1.165) is 38.2 Å². The smallest absolute Gasteiger partial charge is 0.342 e. The average Bonchev–Trinajstić information content (AvgIpc) is 3.10. The highest BCUT2D eigenvalue weighted by molar-refractivity contribution is 7.92. The number of rotatable bonds is 11. The molecule has 0 aliphatic carbocycles. The molecule has 1 heterocycles. The van der Waals surface area contributed by atoms with E-state index in [1.54, 1.807) is 19.9 Å². The van der Waals surface area contributed by atoms with E-state index in [4.69, 9.17) is 9.15 Å². The minimum atomic E-state index is -4.12. The standard InChI is InChI=1S/C24H28N2O7S/c1-4-5-6-7-8-13-32-24(27)23-17(3)33-21-12-10-18(14-20(21)23)25-34(30,31)22-15-19(26(28)29)11-9-16(22)2/h9-12,14-15,25H,4-8,13H2,1-3H3. The molecule has 0 spiro atoms. The summed E-state index contributed by atoms with van der Waals surface area (Å²) < 4.78 is 39.4. The van der Waals surface area contributed by atoms with Gasteiger partial charge in [0.05, 0.1) is 16.4 Å². The Labute approximate surface area is 198 Å². The fourth-order valence-electron chi connectivity index (χ4n) is 3.68. The third-order valence-electron chi connectivity index (χ3n) is 5.47. The summed E-state index contributed by atoms with van der Waals surface area (Å²) in [5, 5.41) is 11.5. The van der Waals surface area contributed by atoms with E-state index >= 15 is 0 Å². The number of ether oxygens (including phenoxy) is 1. The van der Waals surface area contributed by atoms with Crippen molar-refractivity contribution in [2.75, 3.05) is 11.3 Å². The van der Waals surface area contributed by atoms with E-state index in [1.807, 2.05) is 0 Å². The van der Waals surface area contributed by atoms with Gasteiger partial charge in [-0.1, -0.05) is 38.7 Å². The SMILES string of the molecule is CCCCCCCOC(=O)c1c(C)oc2ccc(NS(=O)(=O)c3cc([N+](=O)[O-])ccc3C)cc12. The topological polar surface area (TPSA) is 129 Å². The lowest BCUT2D eigenvalue weighted by Crippen LogP contribution is -2.14. The molecule has 0 aliphatic heterocycles. The van der Waals surface area contributed by atoms with Gasteiger partial charge < -0.3 is 9.15 Å². The number of carbonyl (C=O) groups is 1. The molecule has 0 bridgehead atoms. The van der Waals surface area contributed by atoms with Gasteiger partial charge in [0.15, 0.2) is 0 Å². The number of nitrogens with zero attached hydrogens (tertiary/aromatic N) is 1. The van der Waals surface area contributed by atoms with Crippen LogP contribution in [0.15, 0.2) is 45.7 Å². The minimum absolute atomic E-state index is 0.188. The molecule has 34 heavy (non-hydrogen) atoms. The molecule has 2 aromatic carbocycles. The number of furan rings is 1. The highest BCUT2D eigenvalue weighted by atomic mass is 32.2. The lowest BCUT2D eigenvalue weighted by molar-refractivity contribution is -0.385. The first-order chi connectivity index (χ1) is 16.1. The fraction of sp³-hybridized carbons (Fsp3) is 0.375. The molecule has 0 radical (unpaired) electrons. The molecule has 0 atom stereocenters. The van der Waals surface area contributed by atoms with Crippen molar-refractivity contribution in [3.63, 3.8) is 0 Å². The number of unbranched alkanes of at least 4 members (excludes halogenated alkanes) is 4. The second-order valence-electron chi connectivity index (χ2n) is 8.11. The zero-order valence-corrected chi connectivity index (χ0v) is 20.2. The number of anilines is 1. The Balaban J connectivity index is 1.83. The van der Waals surface area contributed by atoms with Crippen LogP contribution in [-0.4, -0.2) is 25.9 Å². The lowest BCUT2D eigenvalue weighted by Gasteiger charge is -2.10. The number of aryl methyl sites for hydroxylation is 2. The van der Waals surface area contributed by atoms with E-state index in [2.05, 4.69) is 11.6 Å². The van der Waals surface area contributed by atoms with Crippen LogP contribution in [0.1, 0.15) is 60.7 Å². The molecular formula is C24H28N2O7S. The fourth-order valence-corrected chi connectivity index (χ4v) is 5.00. The first-order valence-electron chi connectivity index (χ1n) is 11.1. The Hall–Kier alpha value is -3.40. The summed E-state index contributed by atoms with van der Waals surface area (Å²) >= 11 is 0. The Bertz CT molecular complexity index is 1310. The molecule has 10 heteroatoms. The molecule has 0 amide bonds. The predicted molar refractivity (Wildman–Crippen MR) is 129 cm³/mol. The number of nitrogens with one attached hydrogen (secondary N) is 1. The van der Waals surface area contributed by atoms with Crippen LogP contribution in [-0.2, 0) is 14.8 Å². The molecule has 0 fully saturated rings. The molecule has 9 nitrogen and oxygen atoms in total. The number of benzene rings is 2. The lowest BCUT2D eigenvalue weighted by atomic mass is 10.1. The number of fused-ring (bicyclic) bond motifs is 1. The molecule has 0 unspecified atom stereocenters. The van der Waals surface area contributed by atoms with Gasteiger partial charge in [0.25, 0.3) is 15.7 Å². The quantitative estimate of drug-likeness (QED) is 0.154. The van der Waals surface area contributed by atoms with Crippen LogP contribution in [0.25, 0.3) is 11.0 Å². The van der Waals surface area contributed by atoms with E-state index in [-0.39, 0.29) is 21.8 Å². The van der Waals surface area contributed by atoms with Crippen molar-refractivity contribution in [1.29, 1.82) is 0 Å². The van der Waals surface area contributed by atoms with Crippen LogP contribution in [0.2, 0.25) is 0 Å². The number of hydrogen-bond donors (Lipinski definition) is 1. The summed E-state index contributed by atoms with van der Waals surface area (Å²) in [4.78, 5) is 22.9. The van der Waals surface area contributed by atoms with Crippen LogP contribution >= 0.6 is 0 Å². The first-order valence-corrected chi connectivity index (χ1v) is 12.6. The summed E-state index contributed by atoms with van der Waals surface area (Å²) in [5.74, 6) is -0.151. The highest BCUT2D eigenvalue weighted by Gasteiger charge is 2.23. The van der Waals surface area contributed by atoms with Crippen molar-refractivity contribution in [2.45, 2.75) is 57.8 Å². The van der Waals surface area contributed by atoms with Gasteiger partial charge in [-0.25, -0.2) is 13.2 Å². The summed E-state index contributed by atoms with van der Waals surface area (Å²) in [6, 6.07) is 8.19. The van der Waals surface area contributed by atoms with Crippen LogP contribution in [0.4, 0.5) is 11.4 Å². The third kappa shape index (κ3) is 5.74. The van der Waals surface area contributed by atoms with Crippen molar-refractivity contribution in [2.24, 2.45) is 0 Å². The van der Waals surface area contributed by atoms with Crippen LogP contribution in [0, 0.1) is 24.0 Å². The second kappa shape index (κ2) is 10.7. The Kier molecular flexibility index (Phi) is 7.93. The third-order valence-corrected chi connectivity index (χ3v) is 7.00. The van der Waals surface area contributed by atoms with Crippen molar-refractivity contribution in [3.8, 4) is 0 Å². The number of esters is 1. The number of non-ortho nitro benzene ring substituents is 1. The van der Waals surface area contributed by atoms with Gasteiger partial charge in [0, 0.05) is 23.2 Å². The largest absolute Gasteiger partial charge is 0.462 e. The van der Waals surface area contributed by atoms with Crippen molar-refractivity contribution >= 4 is 38.3 Å². The Morgan fingerprint density at radius 1 is 1.09 bits per heavy atom. The Morgan fingerprint density at radius 2 is 1.82 bits per heavy atom. The molecular weight excluding hydrogens is 460 g/mol. The monoisotopic (exact) mass is 488 g/mol. The van der Waals surface area contributed by atoms with E-state index in [1.165, 1.54) is 24.3 Å². The maximum atomic E-state index is 13.0. The summed E-state index contributed by atoms with van der Waals surface area (Å²) in [7, 11) is -4.12. The molecule has 1 N–H and O–H groups in total. The second-order valence-corrected chi connectivity index (χ2v) is 9.76. The zero-order chi connectivity index (χ0) is 24.9. The molecule has 0 saturated carbocycles. The average molecular weight is 489 g/mol. The molecule has 0 saturated heterocycles. The number of nitro benzene ring substituents is 1.